The van der Waals surface area contributed by atoms with E-state index in [9.17, 15) is 14.4 Å². The van der Waals surface area contributed by atoms with Crippen molar-refractivity contribution in [3.05, 3.63) is 71.8 Å². The second-order valence-corrected chi connectivity index (χ2v) is 6.97. The number of hydrogen-bond acceptors (Lipinski definition) is 3. The smallest absolute Gasteiger partial charge is 0.246 e. The van der Waals surface area contributed by atoms with Gasteiger partial charge in [-0.05, 0) is 36.6 Å². The predicted molar refractivity (Wildman–Crippen MR) is 110 cm³/mol. The molecule has 0 aliphatic carbocycles. The molecule has 1 aliphatic heterocycles. The highest BCUT2D eigenvalue weighted by Gasteiger charge is 2.27. The molecule has 0 saturated carbocycles. The summed E-state index contributed by atoms with van der Waals surface area (Å²) in [6, 6.07) is 16.6. The molecule has 5 nitrogen and oxygen atoms in total. The van der Waals surface area contributed by atoms with Gasteiger partial charge in [-0.15, -0.1) is 0 Å². The molecule has 2 aromatic carbocycles. The number of carbonyl (C=O) groups is 3. The van der Waals surface area contributed by atoms with Crippen LogP contribution in [0.3, 0.4) is 0 Å². The summed E-state index contributed by atoms with van der Waals surface area (Å²) in [5.41, 5.74) is 2.35. The Bertz CT molecular complexity index is 864. The molecule has 28 heavy (non-hydrogen) atoms. The van der Waals surface area contributed by atoms with Gasteiger partial charge < -0.3 is 10.2 Å². The van der Waals surface area contributed by atoms with Crippen LogP contribution < -0.4 is 5.32 Å². The van der Waals surface area contributed by atoms with Gasteiger partial charge in [-0.1, -0.05) is 42.5 Å². The number of Topliss-reactive ketones (excluding diaryl/α,β-unsaturated/α-hetero) is 1. The average Bonchev–Trinajstić information content (AvgIpc) is 2.73. The minimum absolute atomic E-state index is 0.0169. The van der Waals surface area contributed by atoms with Gasteiger partial charge in [0.05, 0.1) is 0 Å². The lowest BCUT2D eigenvalue weighted by Crippen LogP contribution is -2.39. The number of amides is 2. The van der Waals surface area contributed by atoms with Crippen LogP contribution in [0.4, 0.5) is 5.69 Å². The van der Waals surface area contributed by atoms with Crippen LogP contribution in [-0.2, 0) is 9.59 Å². The van der Waals surface area contributed by atoms with E-state index < -0.39 is 0 Å². The lowest BCUT2D eigenvalue weighted by Gasteiger charge is -2.30. The molecular weight excluding hydrogens is 352 g/mol. The first-order valence-corrected chi connectivity index (χ1v) is 9.47. The molecule has 2 aromatic rings. The van der Waals surface area contributed by atoms with Crippen molar-refractivity contribution < 1.29 is 14.4 Å². The van der Waals surface area contributed by atoms with E-state index in [0.717, 1.165) is 16.8 Å². The van der Waals surface area contributed by atoms with Crippen molar-refractivity contribution in [3.8, 4) is 0 Å². The summed E-state index contributed by atoms with van der Waals surface area (Å²) in [5, 5.41) is 2.71. The summed E-state index contributed by atoms with van der Waals surface area (Å²) in [4.78, 5) is 37.8. The van der Waals surface area contributed by atoms with Crippen LogP contribution in [0.2, 0.25) is 0 Å². The third-order valence-electron chi connectivity index (χ3n) is 4.89. The first kappa shape index (κ1) is 19.5. The minimum atomic E-state index is -0.118. The van der Waals surface area contributed by atoms with Gasteiger partial charge >= 0.3 is 0 Å². The van der Waals surface area contributed by atoms with E-state index in [1.54, 1.807) is 29.2 Å². The molecule has 1 N–H and O–H groups in total. The van der Waals surface area contributed by atoms with Gasteiger partial charge in [0.25, 0.3) is 0 Å². The number of nitrogens with zero attached hydrogens (tertiary/aromatic N) is 1. The molecule has 144 valence electrons. The average molecular weight is 376 g/mol. The molecule has 2 amide bonds. The molecule has 0 unspecified atom stereocenters. The van der Waals surface area contributed by atoms with E-state index in [4.69, 9.17) is 0 Å². The van der Waals surface area contributed by atoms with Crippen molar-refractivity contribution in [1.82, 2.24) is 4.90 Å². The highest BCUT2D eigenvalue weighted by Crippen LogP contribution is 2.22. The Morgan fingerprint density at radius 1 is 0.964 bits per heavy atom. The second kappa shape index (κ2) is 9.13. The lowest BCUT2D eigenvalue weighted by molar-refractivity contribution is -0.127. The van der Waals surface area contributed by atoms with Gasteiger partial charge in [0.15, 0.2) is 5.78 Å². The molecule has 0 spiro atoms. The van der Waals surface area contributed by atoms with Crippen LogP contribution in [0.1, 0.15) is 35.7 Å². The van der Waals surface area contributed by atoms with Crippen LogP contribution in [0.15, 0.2) is 60.7 Å². The summed E-state index contributed by atoms with van der Waals surface area (Å²) >= 11 is 0. The molecule has 0 bridgehead atoms. The molecular formula is C23H24N2O3. The number of likely N-dealkylation sites (tertiary alicyclic amines) is 1. The van der Waals surface area contributed by atoms with Crippen molar-refractivity contribution in [3.63, 3.8) is 0 Å². The SMILES string of the molecule is CC(=O)Nc1ccc(/C=C/C(=O)N2CCC(C(=O)c3ccccc3)CC2)cc1. The number of nitrogens with one attached hydrogen (secondary N) is 1. The Hall–Kier alpha value is -3.21. The number of ketones is 1. The van der Waals surface area contributed by atoms with Crippen molar-refractivity contribution in [2.45, 2.75) is 19.8 Å². The van der Waals surface area contributed by atoms with Crippen LogP contribution in [-0.4, -0.2) is 35.6 Å². The Balaban J connectivity index is 1.51. The van der Waals surface area contributed by atoms with Gasteiger partial charge in [-0.3, -0.25) is 14.4 Å². The van der Waals surface area contributed by atoms with Crippen LogP contribution in [0, 0.1) is 5.92 Å². The van der Waals surface area contributed by atoms with Crippen LogP contribution in [0.5, 0.6) is 0 Å². The van der Waals surface area contributed by atoms with E-state index in [-0.39, 0.29) is 23.5 Å². The van der Waals surface area contributed by atoms with Crippen molar-refractivity contribution in [2.75, 3.05) is 18.4 Å². The summed E-state index contributed by atoms with van der Waals surface area (Å²) in [6.45, 7) is 2.64. The van der Waals surface area contributed by atoms with Gasteiger partial charge in [-0.2, -0.15) is 0 Å². The zero-order valence-corrected chi connectivity index (χ0v) is 15.9. The van der Waals surface area contributed by atoms with Gasteiger partial charge in [-0.25, -0.2) is 0 Å². The fourth-order valence-corrected chi connectivity index (χ4v) is 3.35. The fraction of sp³-hybridized carbons (Fsp3) is 0.261. The maximum atomic E-state index is 12.5. The maximum absolute atomic E-state index is 12.5. The van der Waals surface area contributed by atoms with Crippen LogP contribution >= 0.6 is 0 Å². The Kier molecular flexibility index (Phi) is 6.37. The normalized spacial score (nSPS) is 14.8. The summed E-state index contributed by atoms with van der Waals surface area (Å²) in [6.07, 6.45) is 4.71. The second-order valence-electron chi connectivity index (χ2n) is 6.97. The number of hydrogen-bond donors (Lipinski definition) is 1. The van der Waals surface area contributed by atoms with Crippen molar-refractivity contribution >= 4 is 29.4 Å². The topological polar surface area (TPSA) is 66.5 Å². The first-order chi connectivity index (χ1) is 13.5. The molecule has 3 rings (SSSR count). The minimum Gasteiger partial charge on any atom is -0.339 e. The molecule has 0 aromatic heterocycles. The van der Waals surface area contributed by atoms with Crippen molar-refractivity contribution in [1.29, 1.82) is 0 Å². The molecule has 0 radical (unpaired) electrons. The number of benzene rings is 2. The molecule has 1 saturated heterocycles. The maximum Gasteiger partial charge on any atom is 0.246 e. The van der Waals surface area contributed by atoms with Gasteiger partial charge in [0, 0.05) is 43.3 Å². The molecule has 1 heterocycles. The number of carbonyl (C=O) groups excluding carboxylic acids is 3. The largest absolute Gasteiger partial charge is 0.339 e. The summed E-state index contributed by atoms with van der Waals surface area (Å²) in [5.74, 6) is -0.0107. The van der Waals surface area contributed by atoms with Crippen molar-refractivity contribution in [2.24, 2.45) is 5.92 Å². The standard InChI is InChI=1S/C23H24N2O3/c1-17(26)24-21-10-7-18(8-11-21)9-12-22(27)25-15-13-20(14-16-25)23(28)19-5-3-2-4-6-19/h2-12,20H,13-16H2,1H3,(H,24,26)/b12-9+. The Morgan fingerprint density at radius 2 is 1.61 bits per heavy atom. The van der Waals surface area contributed by atoms with E-state index in [1.807, 2.05) is 42.5 Å². The molecule has 5 heteroatoms. The van der Waals surface area contributed by atoms with E-state index in [1.165, 1.54) is 6.92 Å². The van der Waals surface area contributed by atoms with Gasteiger partial charge in [0.1, 0.15) is 0 Å². The van der Waals surface area contributed by atoms with Gasteiger partial charge in [0.2, 0.25) is 11.8 Å². The summed E-state index contributed by atoms with van der Waals surface area (Å²) in [7, 11) is 0. The number of rotatable bonds is 5. The highest BCUT2D eigenvalue weighted by atomic mass is 16.2. The molecule has 0 atom stereocenters. The number of piperidine rings is 1. The number of anilines is 1. The molecule has 1 aliphatic rings. The lowest BCUT2D eigenvalue weighted by atomic mass is 9.89. The zero-order valence-electron chi connectivity index (χ0n) is 15.9. The monoisotopic (exact) mass is 376 g/mol. The Labute approximate surface area is 165 Å². The summed E-state index contributed by atoms with van der Waals surface area (Å²) < 4.78 is 0. The Morgan fingerprint density at radius 3 is 2.21 bits per heavy atom. The third-order valence-corrected chi connectivity index (χ3v) is 4.89. The third kappa shape index (κ3) is 5.16. The van der Waals surface area contributed by atoms with E-state index >= 15 is 0 Å². The quantitative estimate of drug-likeness (QED) is 0.638. The highest BCUT2D eigenvalue weighted by molar-refractivity contribution is 5.98. The van der Waals surface area contributed by atoms with Crippen LogP contribution in [0.25, 0.3) is 6.08 Å². The zero-order chi connectivity index (χ0) is 19.9. The first-order valence-electron chi connectivity index (χ1n) is 9.47. The molecule has 1 fully saturated rings. The predicted octanol–water partition coefficient (Wildman–Crippen LogP) is 3.78. The fourth-order valence-electron chi connectivity index (χ4n) is 3.35. The van der Waals surface area contributed by atoms with E-state index in [0.29, 0.717) is 25.9 Å². The van der Waals surface area contributed by atoms with E-state index in [2.05, 4.69) is 5.32 Å².